The van der Waals surface area contributed by atoms with Crippen LogP contribution in [0.5, 0.6) is 0 Å². The quantitative estimate of drug-likeness (QED) is 0.165. The van der Waals surface area contributed by atoms with E-state index in [1.54, 1.807) is 33.5 Å². The Kier molecular flexibility index (Phi) is 11.7. The summed E-state index contributed by atoms with van der Waals surface area (Å²) in [4.78, 5) is 5.94. The number of hydrogen-bond donors (Lipinski definition) is 0. The Bertz CT molecular complexity index is 3290. The Labute approximate surface area is 447 Å². The van der Waals surface area contributed by atoms with Gasteiger partial charge in [-0.3, -0.25) is 4.90 Å². The number of rotatable bonds is 8. The Hall–Kier alpha value is -5.58. The van der Waals surface area contributed by atoms with Gasteiger partial charge in [-0.05, 0) is 197 Å². The molecule has 0 spiro atoms. The summed E-state index contributed by atoms with van der Waals surface area (Å²) >= 11 is 0. The summed E-state index contributed by atoms with van der Waals surface area (Å²) in [7, 11) is 0. The van der Waals surface area contributed by atoms with E-state index in [0.29, 0.717) is 41.8 Å². The molecule has 15 rings (SSSR count). The molecule has 2 saturated carbocycles. The zero-order chi connectivity index (χ0) is 49.8. The third-order valence-electron chi connectivity index (χ3n) is 21.0. The number of anilines is 1. The van der Waals surface area contributed by atoms with Crippen LogP contribution in [0, 0.1) is 29.1 Å². The number of aryl methyl sites for hydroxylation is 2. The summed E-state index contributed by atoms with van der Waals surface area (Å²) in [5.41, 5.74) is 21.0. The number of benzene rings is 2. The van der Waals surface area contributed by atoms with Gasteiger partial charge in [-0.2, -0.15) is 0 Å². The first-order chi connectivity index (χ1) is 36.9. The predicted octanol–water partition coefficient (Wildman–Crippen LogP) is 17.6. The maximum absolute atomic E-state index is 7.09. The highest BCUT2D eigenvalue weighted by Gasteiger charge is 2.53. The predicted molar refractivity (Wildman–Crippen MR) is 310 cm³/mol. The molecule has 11 aliphatic carbocycles. The molecule has 11 aliphatic rings. The molecular weight excluding hydrogens is 913 g/mol. The minimum absolute atomic E-state index is 0.236. The van der Waals surface area contributed by atoms with E-state index in [4.69, 9.17) is 8.83 Å². The van der Waals surface area contributed by atoms with Crippen molar-refractivity contribution in [2.75, 3.05) is 4.90 Å². The molecule has 4 aromatic rings. The second-order valence-corrected chi connectivity index (χ2v) is 25.6. The molecule has 4 nitrogen and oxygen atoms in total. The Morgan fingerprint density at radius 1 is 0.680 bits per heavy atom. The highest BCUT2D eigenvalue weighted by Crippen LogP contribution is 2.60. The molecule has 2 aromatic carbocycles. The van der Waals surface area contributed by atoms with Crippen molar-refractivity contribution >= 4 is 40.0 Å². The number of fused-ring (bicyclic) bond motifs is 9. The smallest absolute Gasteiger partial charge is 0.135 e. The van der Waals surface area contributed by atoms with Crippen molar-refractivity contribution in [2.45, 2.75) is 179 Å². The van der Waals surface area contributed by atoms with Gasteiger partial charge in [0, 0.05) is 88.7 Å². The summed E-state index contributed by atoms with van der Waals surface area (Å²) in [6.45, 7) is 5.29. The summed E-state index contributed by atoms with van der Waals surface area (Å²) in [6, 6.07) is 15.7. The third-order valence-corrected chi connectivity index (χ3v) is 21.0. The van der Waals surface area contributed by atoms with E-state index in [0.717, 1.165) is 76.2 Å². The van der Waals surface area contributed by atoms with Crippen LogP contribution in [0.25, 0.3) is 34.3 Å². The number of hydrogen-bond acceptors (Lipinski definition) is 4. The van der Waals surface area contributed by atoms with Crippen molar-refractivity contribution in [2.24, 2.45) is 29.1 Å². The maximum Gasteiger partial charge on any atom is 0.135 e. The van der Waals surface area contributed by atoms with Gasteiger partial charge in [0.15, 0.2) is 0 Å². The largest absolute Gasteiger partial charge is 0.465 e. The van der Waals surface area contributed by atoms with Gasteiger partial charge in [0.05, 0.1) is 0 Å². The van der Waals surface area contributed by atoms with Crippen LogP contribution in [-0.4, -0.2) is 29.1 Å². The second kappa shape index (κ2) is 18.9. The summed E-state index contributed by atoms with van der Waals surface area (Å²) in [5.74, 6) is 5.93. The molecular formula is C71H78N2O2. The molecule has 2 aromatic heterocycles. The van der Waals surface area contributed by atoms with Crippen molar-refractivity contribution in [3.8, 4) is 0 Å². The first-order valence-corrected chi connectivity index (χ1v) is 30.2. The van der Waals surface area contributed by atoms with Crippen LogP contribution in [-0.2, 0) is 32.1 Å². The molecule has 0 radical (unpaired) electrons. The van der Waals surface area contributed by atoms with E-state index in [1.807, 2.05) is 0 Å². The summed E-state index contributed by atoms with van der Waals surface area (Å²) in [6.07, 6.45) is 60.6. The molecule has 384 valence electrons. The van der Waals surface area contributed by atoms with Gasteiger partial charge in [-0.25, -0.2) is 0 Å². The van der Waals surface area contributed by atoms with Gasteiger partial charge in [0.2, 0.25) is 0 Å². The van der Waals surface area contributed by atoms with Crippen molar-refractivity contribution in [1.82, 2.24) is 4.90 Å². The number of allylic oxidation sites excluding steroid dienone is 14. The Morgan fingerprint density at radius 3 is 2.55 bits per heavy atom. The highest BCUT2D eigenvalue weighted by atomic mass is 16.3. The normalized spacial score (nSPS) is 30.1. The van der Waals surface area contributed by atoms with Crippen LogP contribution >= 0.6 is 0 Å². The fraction of sp³-hybridized carbons (Fsp3) is 0.465. The van der Waals surface area contributed by atoms with Crippen LogP contribution in [0.4, 0.5) is 5.69 Å². The lowest BCUT2D eigenvalue weighted by atomic mass is 9.51. The van der Waals surface area contributed by atoms with E-state index in [1.165, 1.54) is 132 Å². The van der Waals surface area contributed by atoms with E-state index < -0.39 is 0 Å². The molecule has 0 bridgehead atoms. The zero-order valence-electron chi connectivity index (χ0n) is 44.9. The molecule has 0 amide bonds. The van der Waals surface area contributed by atoms with E-state index in [9.17, 15) is 0 Å². The average molecular weight is 991 g/mol. The lowest BCUT2D eigenvalue weighted by molar-refractivity contribution is -0.0102. The summed E-state index contributed by atoms with van der Waals surface area (Å²) in [5, 5.41) is 1.33. The first-order valence-electron chi connectivity index (χ1n) is 30.2. The van der Waals surface area contributed by atoms with Gasteiger partial charge >= 0.3 is 0 Å². The monoisotopic (exact) mass is 991 g/mol. The summed E-state index contributed by atoms with van der Waals surface area (Å²) < 4.78 is 14.0. The first kappa shape index (κ1) is 46.7. The van der Waals surface area contributed by atoms with Crippen molar-refractivity contribution in [3.05, 3.63) is 182 Å². The van der Waals surface area contributed by atoms with Gasteiger partial charge in [0.25, 0.3) is 0 Å². The fourth-order valence-electron chi connectivity index (χ4n) is 17.4. The van der Waals surface area contributed by atoms with Crippen molar-refractivity contribution in [3.63, 3.8) is 0 Å². The van der Waals surface area contributed by atoms with Gasteiger partial charge < -0.3 is 13.7 Å². The van der Waals surface area contributed by atoms with Crippen LogP contribution in [0.15, 0.2) is 141 Å². The fourth-order valence-corrected chi connectivity index (χ4v) is 17.4. The molecule has 0 saturated heterocycles. The molecule has 2 heterocycles. The zero-order valence-corrected chi connectivity index (χ0v) is 44.9. The van der Waals surface area contributed by atoms with Crippen molar-refractivity contribution < 1.29 is 8.83 Å². The van der Waals surface area contributed by atoms with Crippen LogP contribution in [0.3, 0.4) is 0 Å². The minimum atomic E-state index is 0.236. The molecule has 8 atom stereocenters. The van der Waals surface area contributed by atoms with E-state index in [2.05, 4.69) is 145 Å². The van der Waals surface area contributed by atoms with Crippen molar-refractivity contribution in [1.29, 1.82) is 0 Å². The average Bonchev–Trinajstić information content (AvgIpc) is 4.04. The van der Waals surface area contributed by atoms with Gasteiger partial charge in [0.1, 0.15) is 22.9 Å². The lowest BCUT2D eigenvalue weighted by Crippen LogP contribution is -2.56. The van der Waals surface area contributed by atoms with Crippen LogP contribution in [0.2, 0.25) is 0 Å². The lowest BCUT2D eigenvalue weighted by Gasteiger charge is -2.58. The molecule has 0 aliphatic heterocycles. The molecule has 2 fully saturated rings. The molecule has 75 heavy (non-hydrogen) atoms. The highest BCUT2D eigenvalue weighted by molar-refractivity contribution is 5.97. The minimum Gasteiger partial charge on any atom is -0.465 e. The SMILES string of the molecule is CC1(C)CCC2C(N(c3cccc(C4=CC=CCC4)c3)C3CCc4c(oc5c4C4=C(CCCC4)CC5)C3)=CC=C3CC(N(C4C=C(C5C=CCCC5)C=CC4)C4C=Cc5c(oc6ccc7c(c56)C=CCC7)C4)CC1C32. The molecule has 8 unspecified atom stereocenters. The van der Waals surface area contributed by atoms with Gasteiger partial charge in [-0.15, -0.1) is 0 Å². The number of furan rings is 2. The second-order valence-electron chi connectivity index (χ2n) is 25.6. The topological polar surface area (TPSA) is 32.8 Å². The third kappa shape index (κ3) is 8.07. The Balaban J connectivity index is 0.812. The molecule has 0 N–H and O–H groups in total. The van der Waals surface area contributed by atoms with E-state index in [-0.39, 0.29) is 11.5 Å². The standard InChI is InChI=1S/C71H78N2O2/c1-71(2)38-37-59-63(73(53-24-14-22-50(40-53)46-17-7-4-8-18-46)55-31-33-61-67(44-55)75-65-36-29-48-20-10-12-26-58(48)70(61)65)34-27-51-41-56(42-62(71)68(51)59)72(52-23-13-21-49(39-52)45-15-5-3-6-16-45)54-30-32-60-66(43-54)74-64-35-28-47-19-9-11-25-57(47)69(60)64/h4-5,7,11,13-15,17,21-22,24-25,27-28,30,32,34-35,39-40,45,52,54-56,59,62,68H,3,6,8-10,12,16,18-20,23,26,29,31,33,36-38,41-44H2,1-2H3. The van der Waals surface area contributed by atoms with E-state index >= 15 is 0 Å². The Morgan fingerprint density at radius 2 is 1.63 bits per heavy atom. The van der Waals surface area contributed by atoms with Crippen LogP contribution in [0.1, 0.15) is 174 Å². The molecule has 4 heteroatoms. The maximum atomic E-state index is 7.09. The number of nitrogens with zero attached hydrogens (tertiary/aromatic N) is 2. The van der Waals surface area contributed by atoms with Gasteiger partial charge in [-0.1, -0.05) is 122 Å². The van der Waals surface area contributed by atoms with Crippen LogP contribution < -0.4 is 4.90 Å².